The maximum atomic E-state index is 5.58. The van der Waals surface area contributed by atoms with E-state index in [1.165, 1.54) is 0 Å². The SMILES string of the molecule is COC1CC(Nc2nc3ccccc3o2)C1. The topological polar surface area (TPSA) is 47.3 Å². The van der Waals surface area contributed by atoms with E-state index in [0.717, 1.165) is 23.9 Å². The largest absolute Gasteiger partial charge is 0.424 e. The van der Waals surface area contributed by atoms with E-state index >= 15 is 0 Å². The zero-order chi connectivity index (χ0) is 11.0. The maximum absolute atomic E-state index is 5.58. The zero-order valence-electron chi connectivity index (χ0n) is 9.14. The third kappa shape index (κ3) is 1.65. The molecule has 4 heteroatoms. The first-order valence-corrected chi connectivity index (χ1v) is 5.50. The number of nitrogens with one attached hydrogen (secondary N) is 1. The lowest BCUT2D eigenvalue weighted by Gasteiger charge is -2.33. The van der Waals surface area contributed by atoms with Crippen LogP contribution in [0.4, 0.5) is 6.01 Å². The summed E-state index contributed by atoms with van der Waals surface area (Å²) in [5, 5.41) is 3.27. The summed E-state index contributed by atoms with van der Waals surface area (Å²) in [6.45, 7) is 0. The van der Waals surface area contributed by atoms with Gasteiger partial charge in [0.15, 0.2) is 5.58 Å². The molecule has 3 rings (SSSR count). The van der Waals surface area contributed by atoms with E-state index in [9.17, 15) is 0 Å². The first-order chi connectivity index (χ1) is 7.85. The molecule has 1 heterocycles. The summed E-state index contributed by atoms with van der Waals surface area (Å²) in [5.74, 6) is 0. The second-order valence-corrected chi connectivity index (χ2v) is 4.16. The number of benzene rings is 1. The van der Waals surface area contributed by atoms with Crippen LogP contribution < -0.4 is 5.32 Å². The number of anilines is 1. The lowest BCUT2D eigenvalue weighted by Crippen LogP contribution is -2.40. The molecule has 1 aliphatic carbocycles. The van der Waals surface area contributed by atoms with Crippen molar-refractivity contribution >= 4 is 17.1 Å². The Labute approximate surface area is 93.6 Å². The van der Waals surface area contributed by atoms with E-state index in [1.54, 1.807) is 7.11 Å². The van der Waals surface area contributed by atoms with Gasteiger partial charge in [-0.3, -0.25) is 0 Å². The minimum absolute atomic E-state index is 0.391. The number of oxazole rings is 1. The van der Waals surface area contributed by atoms with Crippen molar-refractivity contribution in [1.29, 1.82) is 0 Å². The summed E-state index contributed by atoms with van der Waals surface area (Å²) in [6, 6.07) is 8.81. The van der Waals surface area contributed by atoms with E-state index in [0.29, 0.717) is 18.2 Å². The first kappa shape index (κ1) is 9.66. The van der Waals surface area contributed by atoms with Gasteiger partial charge in [0, 0.05) is 13.2 Å². The third-order valence-electron chi connectivity index (χ3n) is 3.05. The molecule has 1 aliphatic rings. The molecule has 1 N–H and O–H groups in total. The van der Waals surface area contributed by atoms with E-state index in [2.05, 4.69) is 10.3 Å². The van der Waals surface area contributed by atoms with Gasteiger partial charge in [0.05, 0.1) is 6.10 Å². The summed E-state index contributed by atoms with van der Waals surface area (Å²) in [7, 11) is 1.75. The van der Waals surface area contributed by atoms with Crippen LogP contribution >= 0.6 is 0 Å². The van der Waals surface area contributed by atoms with Gasteiger partial charge >= 0.3 is 0 Å². The van der Waals surface area contributed by atoms with Gasteiger partial charge in [0.2, 0.25) is 0 Å². The standard InChI is InChI=1S/C12H14N2O2/c1-15-9-6-8(7-9)13-12-14-10-4-2-3-5-11(10)16-12/h2-5,8-9H,6-7H2,1H3,(H,13,14). The number of ether oxygens (including phenoxy) is 1. The minimum atomic E-state index is 0.391. The van der Waals surface area contributed by atoms with Crippen molar-refractivity contribution in [1.82, 2.24) is 4.98 Å². The summed E-state index contributed by atoms with van der Waals surface area (Å²) < 4.78 is 10.8. The highest BCUT2D eigenvalue weighted by molar-refractivity contribution is 5.74. The Morgan fingerprint density at radius 1 is 1.38 bits per heavy atom. The summed E-state index contributed by atoms with van der Waals surface area (Å²) in [4.78, 5) is 4.37. The van der Waals surface area contributed by atoms with Crippen LogP contribution in [0, 0.1) is 0 Å². The third-order valence-corrected chi connectivity index (χ3v) is 3.05. The Hall–Kier alpha value is -1.55. The molecule has 0 spiro atoms. The Morgan fingerprint density at radius 3 is 2.94 bits per heavy atom. The summed E-state index contributed by atoms with van der Waals surface area (Å²) >= 11 is 0. The Bertz CT molecular complexity index is 455. The summed E-state index contributed by atoms with van der Waals surface area (Å²) in [5.41, 5.74) is 1.72. The van der Waals surface area contributed by atoms with Crippen molar-refractivity contribution in [3.8, 4) is 0 Å². The Kier molecular flexibility index (Phi) is 2.29. The van der Waals surface area contributed by atoms with Crippen LogP contribution in [0.25, 0.3) is 11.1 Å². The predicted octanol–water partition coefficient (Wildman–Crippen LogP) is 2.42. The molecule has 4 nitrogen and oxygen atoms in total. The minimum Gasteiger partial charge on any atom is -0.424 e. The number of methoxy groups -OCH3 is 1. The molecular weight excluding hydrogens is 204 g/mol. The molecule has 0 atom stereocenters. The lowest BCUT2D eigenvalue weighted by atomic mass is 9.89. The predicted molar refractivity (Wildman–Crippen MR) is 61.5 cm³/mol. The van der Waals surface area contributed by atoms with E-state index in [4.69, 9.17) is 9.15 Å². The molecule has 1 aromatic carbocycles. The van der Waals surface area contributed by atoms with Crippen LogP contribution in [0.1, 0.15) is 12.8 Å². The lowest BCUT2D eigenvalue weighted by molar-refractivity contribution is 0.0323. The van der Waals surface area contributed by atoms with Crippen LogP contribution in [-0.2, 0) is 4.74 Å². The fourth-order valence-corrected chi connectivity index (χ4v) is 1.98. The first-order valence-electron chi connectivity index (χ1n) is 5.50. The number of fused-ring (bicyclic) bond motifs is 1. The van der Waals surface area contributed by atoms with Gasteiger partial charge in [-0.2, -0.15) is 4.98 Å². The highest BCUT2D eigenvalue weighted by atomic mass is 16.5. The van der Waals surface area contributed by atoms with E-state index in [1.807, 2.05) is 24.3 Å². The van der Waals surface area contributed by atoms with Gasteiger partial charge in [-0.05, 0) is 25.0 Å². The molecule has 0 amide bonds. The summed E-state index contributed by atoms with van der Waals surface area (Å²) in [6.07, 6.45) is 2.44. The van der Waals surface area contributed by atoms with Crippen molar-refractivity contribution in [2.75, 3.05) is 12.4 Å². The van der Waals surface area contributed by atoms with Crippen molar-refractivity contribution in [3.05, 3.63) is 24.3 Å². The number of aromatic nitrogens is 1. The van der Waals surface area contributed by atoms with Crippen molar-refractivity contribution in [2.45, 2.75) is 25.0 Å². The number of hydrogen-bond donors (Lipinski definition) is 1. The van der Waals surface area contributed by atoms with Crippen LogP contribution in [0.3, 0.4) is 0 Å². The quantitative estimate of drug-likeness (QED) is 0.859. The van der Waals surface area contributed by atoms with Gasteiger partial charge in [-0.1, -0.05) is 12.1 Å². The number of rotatable bonds is 3. The molecular formula is C12H14N2O2. The average Bonchev–Trinajstić information content (AvgIpc) is 2.65. The fraction of sp³-hybridized carbons (Fsp3) is 0.417. The normalized spacial score (nSPS) is 24.3. The monoisotopic (exact) mass is 218 g/mol. The molecule has 1 saturated carbocycles. The van der Waals surface area contributed by atoms with Gasteiger partial charge in [-0.15, -0.1) is 0 Å². The number of hydrogen-bond acceptors (Lipinski definition) is 4. The molecule has 1 fully saturated rings. The molecule has 0 radical (unpaired) electrons. The Balaban J connectivity index is 1.71. The van der Waals surface area contributed by atoms with Gasteiger partial charge < -0.3 is 14.5 Å². The molecule has 0 bridgehead atoms. The smallest absolute Gasteiger partial charge is 0.295 e. The van der Waals surface area contributed by atoms with E-state index in [-0.39, 0.29) is 0 Å². The Morgan fingerprint density at radius 2 is 2.19 bits per heavy atom. The van der Waals surface area contributed by atoms with E-state index < -0.39 is 0 Å². The van der Waals surface area contributed by atoms with Gasteiger partial charge in [0.25, 0.3) is 6.01 Å². The molecule has 1 aromatic heterocycles. The van der Waals surface area contributed by atoms with Crippen molar-refractivity contribution in [3.63, 3.8) is 0 Å². The number of nitrogens with zero attached hydrogens (tertiary/aromatic N) is 1. The average molecular weight is 218 g/mol. The highest BCUT2D eigenvalue weighted by Crippen LogP contribution is 2.27. The second-order valence-electron chi connectivity index (χ2n) is 4.16. The maximum Gasteiger partial charge on any atom is 0.295 e. The van der Waals surface area contributed by atoms with Crippen molar-refractivity contribution < 1.29 is 9.15 Å². The van der Waals surface area contributed by atoms with Crippen molar-refractivity contribution in [2.24, 2.45) is 0 Å². The zero-order valence-corrected chi connectivity index (χ0v) is 9.14. The molecule has 0 unspecified atom stereocenters. The molecule has 0 aliphatic heterocycles. The van der Waals surface area contributed by atoms with Crippen LogP contribution in [0.2, 0.25) is 0 Å². The van der Waals surface area contributed by atoms with Gasteiger partial charge in [0.1, 0.15) is 5.52 Å². The number of para-hydroxylation sites is 2. The van der Waals surface area contributed by atoms with Gasteiger partial charge in [-0.25, -0.2) is 0 Å². The highest BCUT2D eigenvalue weighted by Gasteiger charge is 2.29. The molecule has 2 aromatic rings. The van der Waals surface area contributed by atoms with Crippen LogP contribution in [0.5, 0.6) is 0 Å². The van der Waals surface area contributed by atoms with Crippen LogP contribution in [-0.4, -0.2) is 24.2 Å². The molecule has 0 saturated heterocycles. The van der Waals surface area contributed by atoms with Crippen LogP contribution in [0.15, 0.2) is 28.7 Å². The fourth-order valence-electron chi connectivity index (χ4n) is 1.98. The molecule has 84 valence electrons. The second kappa shape index (κ2) is 3.79. The molecule has 16 heavy (non-hydrogen) atoms.